The smallest absolute Gasteiger partial charge is 0.261 e. The molecule has 2 aromatic carbocycles. The average Bonchev–Trinajstić information content (AvgIpc) is 2.81. The maximum absolute atomic E-state index is 12.2. The minimum Gasteiger partial charge on any atom is -0.391 e. The minimum absolute atomic E-state index is 0.0567. The number of β-amino-alcohol motifs (C(OH)–C–C–N with tert-alkyl or cyclic N) is 1. The number of hydrogen-bond donors (Lipinski definition) is 1. The Morgan fingerprint density at radius 3 is 2.04 bits per heavy atom. The highest BCUT2D eigenvalue weighted by atomic mass is 16.3. The molecule has 0 fully saturated rings. The zero-order valence-electron chi connectivity index (χ0n) is 12.8. The van der Waals surface area contributed by atoms with Gasteiger partial charge in [-0.25, -0.2) is 0 Å². The number of aliphatic hydroxyl groups excluding tert-OH is 1. The molecule has 3 rings (SSSR count). The van der Waals surface area contributed by atoms with Crippen LogP contribution in [0.3, 0.4) is 0 Å². The second-order valence-corrected chi connectivity index (χ2v) is 5.80. The molecule has 23 heavy (non-hydrogen) atoms. The third kappa shape index (κ3) is 3.32. The zero-order valence-corrected chi connectivity index (χ0v) is 12.8. The fraction of sp³-hybridized carbons (Fsp3) is 0.263. The molecule has 0 aliphatic carbocycles. The highest BCUT2D eigenvalue weighted by Gasteiger charge is 2.35. The lowest BCUT2D eigenvalue weighted by molar-refractivity contribution is 0.0531. The van der Waals surface area contributed by atoms with E-state index in [0.29, 0.717) is 17.5 Å². The second-order valence-electron chi connectivity index (χ2n) is 5.80. The van der Waals surface area contributed by atoms with E-state index in [0.717, 1.165) is 17.7 Å². The largest absolute Gasteiger partial charge is 0.391 e. The zero-order chi connectivity index (χ0) is 16.2. The molecule has 0 radical (unpaired) electrons. The van der Waals surface area contributed by atoms with Gasteiger partial charge in [0.2, 0.25) is 0 Å². The van der Waals surface area contributed by atoms with E-state index in [4.69, 9.17) is 0 Å². The Morgan fingerprint density at radius 1 is 0.870 bits per heavy atom. The predicted octanol–water partition coefficient (Wildman–Crippen LogP) is 2.67. The molecule has 0 spiro atoms. The lowest BCUT2D eigenvalue weighted by atomic mass is 10.1. The van der Waals surface area contributed by atoms with Crippen molar-refractivity contribution in [3.8, 4) is 0 Å². The quantitative estimate of drug-likeness (QED) is 0.835. The number of fused-ring (bicyclic) bond motifs is 1. The first-order valence-electron chi connectivity index (χ1n) is 7.84. The molecule has 0 saturated carbocycles. The lowest BCUT2D eigenvalue weighted by Crippen LogP contribution is -2.36. The standard InChI is InChI=1S/C19H19NO3/c21-15(10-6-9-14-7-2-1-3-8-14)13-20-18(22)16-11-4-5-12-17(16)19(20)23/h1-5,7-8,11-12,15,21H,6,9-10,13H2. The lowest BCUT2D eigenvalue weighted by Gasteiger charge is -2.18. The molecule has 2 aromatic rings. The number of carbonyl (C=O) groups excluding carboxylic acids is 2. The van der Waals surface area contributed by atoms with Crippen molar-refractivity contribution in [1.29, 1.82) is 0 Å². The maximum atomic E-state index is 12.2. The van der Waals surface area contributed by atoms with Gasteiger partial charge >= 0.3 is 0 Å². The number of aryl methyl sites for hydroxylation is 1. The van der Waals surface area contributed by atoms with Crippen LogP contribution >= 0.6 is 0 Å². The van der Waals surface area contributed by atoms with E-state index in [-0.39, 0.29) is 18.4 Å². The third-order valence-corrected chi connectivity index (χ3v) is 4.12. The van der Waals surface area contributed by atoms with Crippen molar-refractivity contribution < 1.29 is 14.7 Å². The Balaban J connectivity index is 1.54. The van der Waals surface area contributed by atoms with Crippen molar-refractivity contribution in [2.45, 2.75) is 25.4 Å². The molecule has 4 nitrogen and oxygen atoms in total. The van der Waals surface area contributed by atoms with Crippen LogP contribution in [0.15, 0.2) is 54.6 Å². The second kappa shape index (κ2) is 6.75. The van der Waals surface area contributed by atoms with Crippen LogP contribution in [0.4, 0.5) is 0 Å². The molecule has 1 unspecified atom stereocenters. The van der Waals surface area contributed by atoms with Crippen LogP contribution in [0.1, 0.15) is 39.1 Å². The third-order valence-electron chi connectivity index (χ3n) is 4.12. The molecule has 1 aliphatic heterocycles. The summed E-state index contributed by atoms with van der Waals surface area (Å²) in [6, 6.07) is 16.8. The van der Waals surface area contributed by atoms with Gasteiger partial charge in [-0.05, 0) is 37.0 Å². The SMILES string of the molecule is O=C1c2ccccc2C(=O)N1CC(O)CCCc1ccccc1. The van der Waals surface area contributed by atoms with Crippen LogP contribution in [0.5, 0.6) is 0 Å². The summed E-state index contributed by atoms with van der Waals surface area (Å²) in [5.74, 6) is -0.625. The topological polar surface area (TPSA) is 57.6 Å². The van der Waals surface area contributed by atoms with Crippen LogP contribution in [-0.4, -0.2) is 34.5 Å². The molecule has 4 heteroatoms. The monoisotopic (exact) mass is 309 g/mol. The maximum Gasteiger partial charge on any atom is 0.261 e. The molecule has 0 aromatic heterocycles. The van der Waals surface area contributed by atoms with Crippen LogP contribution in [0.2, 0.25) is 0 Å². The fourth-order valence-electron chi connectivity index (χ4n) is 2.89. The van der Waals surface area contributed by atoms with Crippen molar-refractivity contribution in [2.75, 3.05) is 6.54 Å². The van der Waals surface area contributed by atoms with Crippen molar-refractivity contribution in [2.24, 2.45) is 0 Å². The molecular weight excluding hydrogens is 290 g/mol. The van der Waals surface area contributed by atoms with Gasteiger partial charge in [-0.3, -0.25) is 14.5 Å². The van der Waals surface area contributed by atoms with Gasteiger partial charge < -0.3 is 5.11 Å². The highest BCUT2D eigenvalue weighted by molar-refractivity contribution is 6.21. The van der Waals surface area contributed by atoms with E-state index < -0.39 is 6.10 Å². The van der Waals surface area contributed by atoms with E-state index in [1.54, 1.807) is 24.3 Å². The van der Waals surface area contributed by atoms with Crippen LogP contribution in [0, 0.1) is 0 Å². The first-order valence-corrected chi connectivity index (χ1v) is 7.84. The average molecular weight is 309 g/mol. The number of hydrogen-bond acceptors (Lipinski definition) is 3. The normalized spacial score (nSPS) is 14.9. The first kappa shape index (κ1) is 15.4. The summed E-state index contributed by atoms with van der Waals surface area (Å²) in [4.78, 5) is 25.6. The first-order chi connectivity index (χ1) is 11.2. The highest BCUT2D eigenvalue weighted by Crippen LogP contribution is 2.23. The number of aliphatic hydroxyl groups is 1. The number of benzene rings is 2. The summed E-state index contributed by atoms with van der Waals surface area (Å²) in [6.07, 6.45) is 1.55. The Kier molecular flexibility index (Phi) is 4.53. The molecule has 1 atom stereocenters. The van der Waals surface area contributed by atoms with E-state index in [2.05, 4.69) is 12.1 Å². The van der Waals surface area contributed by atoms with Crippen molar-refractivity contribution in [3.63, 3.8) is 0 Å². The number of carbonyl (C=O) groups is 2. The molecule has 1 heterocycles. The van der Waals surface area contributed by atoms with Crippen LogP contribution in [-0.2, 0) is 6.42 Å². The van der Waals surface area contributed by atoms with Gasteiger partial charge in [0.05, 0.1) is 23.8 Å². The summed E-state index contributed by atoms with van der Waals surface area (Å²) in [6.45, 7) is 0.0567. The molecule has 1 aliphatic rings. The van der Waals surface area contributed by atoms with Crippen molar-refractivity contribution in [3.05, 3.63) is 71.3 Å². The van der Waals surface area contributed by atoms with E-state index >= 15 is 0 Å². The van der Waals surface area contributed by atoms with Gasteiger partial charge in [0.1, 0.15) is 0 Å². The summed E-state index contributed by atoms with van der Waals surface area (Å²) < 4.78 is 0. The Hall–Kier alpha value is -2.46. The predicted molar refractivity (Wildman–Crippen MR) is 87.2 cm³/mol. The molecule has 0 saturated heterocycles. The van der Waals surface area contributed by atoms with Gasteiger partial charge in [-0.1, -0.05) is 42.5 Å². The molecular formula is C19H19NO3. The van der Waals surface area contributed by atoms with Crippen LogP contribution in [0.25, 0.3) is 0 Å². The Bertz CT molecular complexity index is 677. The minimum atomic E-state index is -0.694. The molecule has 0 bridgehead atoms. The molecule has 118 valence electrons. The Morgan fingerprint density at radius 2 is 1.43 bits per heavy atom. The number of rotatable bonds is 6. The van der Waals surface area contributed by atoms with Gasteiger partial charge in [0.15, 0.2) is 0 Å². The number of amides is 2. The summed E-state index contributed by atoms with van der Waals surface area (Å²) in [5.41, 5.74) is 2.07. The number of nitrogens with zero attached hydrogens (tertiary/aromatic N) is 1. The van der Waals surface area contributed by atoms with E-state index in [1.165, 1.54) is 5.56 Å². The van der Waals surface area contributed by atoms with Gasteiger partial charge in [-0.15, -0.1) is 0 Å². The molecule has 1 N–H and O–H groups in total. The van der Waals surface area contributed by atoms with E-state index in [1.807, 2.05) is 18.2 Å². The van der Waals surface area contributed by atoms with Crippen molar-refractivity contribution in [1.82, 2.24) is 4.90 Å². The summed E-state index contributed by atoms with van der Waals surface area (Å²) in [7, 11) is 0. The summed E-state index contributed by atoms with van der Waals surface area (Å²) >= 11 is 0. The fourth-order valence-corrected chi connectivity index (χ4v) is 2.89. The Labute approximate surface area is 135 Å². The molecule has 2 amide bonds. The van der Waals surface area contributed by atoms with Gasteiger partial charge in [-0.2, -0.15) is 0 Å². The van der Waals surface area contributed by atoms with Gasteiger partial charge in [0, 0.05) is 0 Å². The van der Waals surface area contributed by atoms with Gasteiger partial charge in [0.25, 0.3) is 11.8 Å². The van der Waals surface area contributed by atoms with Crippen molar-refractivity contribution >= 4 is 11.8 Å². The van der Waals surface area contributed by atoms with Crippen LogP contribution < -0.4 is 0 Å². The summed E-state index contributed by atoms with van der Waals surface area (Å²) in [5, 5.41) is 10.2. The van der Waals surface area contributed by atoms with E-state index in [9.17, 15) is 14.7 Å². The number of imide groups is 1.